The standard InChI is InChI=1S/C19H33N3O3/c1-3-24-13-5-11-20-18(21-12-7-17-6-4-14-25-17)22-16-19(8-9-19)10-15-23-2/h4,6,14H,3,5,7-13,15-16H2,1-2H3,(H2,20,21,22). The average Bonchev–Trinajstić information content (AvgIpc) is 3.20. The highest BCUT2D eigenvalue weighted by atomic mass is 16.5. The molecule has 142 valence electrons. The molecule has 25 heavy (non-hydrogen) atoms. The van der Waals surface area contributed by atoms with Crippen LogP contribution in [-0.2, 0) is 15.9 Å². The predicted molar refractivity (Wildman–Crippen MR) is 100.0 cm³/mol. The van der Waals surface area contributed by atoms with E-state index in [4.69, 9.17) is 18.9 Å². The first kappa shape index (κ1) is 19.8. The Morgan fingerprint density at radius 3 is 2.80 bits per heavy atom. The van der Waals surface area contributed by atoms with Crippen LogP contribution in [-0.4, -0.2) is 52.5 Å². The van der Waals surface area contributed by atoms with E-state index < -0.39 is 0 Å². The number of hydrogen-bond donors (Lipinski definition) is 2. The lowest BCUT2D eigenvalue weighted by molar-refractivity contribution is 0.145. The molecule has 1 aromatic rings. The molecule has 2 rings (SSSR count). The van der Waals surface area contributed by atoms with E-state index in [1.54, 1.807) is 13.4 Å². The summed E-state index contributed by atoms with van der Waals surface area (Å²) in [6, 6.07) is 3.92. The molecule has 6 nitrogen and oxygen atoms in total. The van der Waals surface area contributed by atoms with Gasteiger partial charge >= 0.3 is 0 Å². The second kappa shape index (κ2) is 11.2. The van der Waals surface area contributed by atoms with Gasteiger partial charge in [-0.3, -0.25) is 4.99 Å². The van der Waals surface area contributed by atoms with Gasteiger partial charge in [0.2, 0.25) is 0 Å². The lowest BCUT2D eigenvalue weighted by atomic mass is 10.0. The Hall–Kier alpha value is -1.53. The summed E-state index contributed by atoms with van der Waals surface area (Å²) in [7, 11) is 1.76. The summed E-state index contributed by atoms with van der Waals surface area (Å²) < 4.78 is 16.0. The molecular formula is C19H33N3O3. The number of aliphatic imine (C=N–C) groups is 1. The van der Waals surface area contributed by atoms with E-state index in [-0.39, 0.29) is 0 Å². The molecule has 1 aromatic heterocycles. The number of furan rings is 1. The monoisotopic (exact) mass is 351 g/mol. The zero-order valence-corrected chi connectivity index (χ0v) is 15.7. The van der Waals surface area contributed by atoms with Crippen molar-refractivity contribution in [2.75, 3.05) is 46.6 Å². The Morgan fingerprint density at radius 1 is 1.28 bits per heavy atom. The Balaban J connectivity index is 1.76. The molecule has 0 atom stereocenters. The molecule has 0 bridgehead atoms. The number of rotatable bonds is 13. The van der Waals surface area contributed by atoms with Crippen LogP contribution in [0.15, 0.2) is 27.8 Å². The number of ether oxygens (including phenoxy) is 2. The largest absolute Gasteiger partial charge is 0.469 e. The number of nitrogens with one attached hydrogen (secondary N) is 2. The zero-order valence-electron chi connectivity index (χ0n) is 15.7. The number of methoxy groups -OCH3 is 1. The molecule has 0 unspecified atom stereocenters. The first-order valence-corrected chi connectivity index (χ1v) is 9.39. The molecule has 0 saturated heterocycles. The van der Waals surface area contributed by atoms with Crippen LogP contribution in [0.1, 0.15) is 38.4 Å². The van der Waals surface area contributed by atoms with Gasteiger partial charge in [-0.15, -0.1) is 0 Å². The lowest BCUT2D eigenvalue weighted by Crippen LogP contribution is -2.39. The minimum absolute atomic E-state index is 0.358. The topological polar surface area (TPSA) is 68.0 Å². The van der Waals surface area contributed by atoms with Gasteiger partial charge in [0.25, 0.3) is 0 Å². The molecule has 1 aliphatic carbocycles. The maximum Gasteiger partial charge on any atom is 0.191 e. The van der Waals surface area contributed by atoms with Crippen molar-refractivity contribution in [3.63, 3.8) is 0 Å². The Kier molecular flexibility index (Phi) is 8.83. The number of guanidine groups is 1. The maximum atomic E-state index is 5.39. The van der Waals surface area contributed by atoms with Crippen LogP contribution in [0.4, 0.5) is 0 Å². The molecular weight excluding hydrogens is 318 g/mol. The number of nitrogens with zero attached hydrogens (tertiary/aromatic N) is 1. The Bertz CT molecular complexity index is 484. The van der Waals surface area contributed by atoms with Crippen molar-refractivity contribution in [1.82, 2.24) is 10.6 Å². The smallest absolute Gasteiger partial charge is 0.191 e. The average molecular weight is 351 g/mol. The molecule has 6 heteroatoms. The van der Waals surface area contributed by atoms with E-state index >= 15 is 0 Å². The molecule has 2 N–H and O–H groups in total. The molecule has 0 spiro atoms. The summed E-state index contributed by atoms with van der Waals surface area (Å²) in [5, 5.41) is 6.82. The molecule has 0 amide bonds. The third-order valence-electron chi connectivity index (χ3n) is 4.57. The van der Waals surface area contributed by atoms with Gasteiger partial charge in [-0.25, -0.2) is 0 Å². The molecule has 1 fully saturated rings. The van der Waals surface area contributed by atoms with Crippen molar-refractivity contribution >= 4 is 5.96 Å². The second-order valence-electron chi connectivity index (χ2n) is 6.64. The third-order valence-corrected chi connectivity index (χ3v) is 4.57. The van der Waals surface area contributed by atoms with Crippen molar-refractivity contribution in [1.29, 1.82) is 0 Å². The lowest BCUT2D eigenvalue weighted by Gasteiger charge is -2.15. The van der Waals surface area contributed by atoms with Crippen molar-refractivity contribution in [2.24, 2.45) is 10.4 Å². The second-order valence-corrected chi connectivity index (χ2v) is 6.64. The predicted octanol–water partition coefficient (Wildman–Crippen LogP) is 2.60. The van der Waals surface area contributed by atoms with E-state index in [9.17, 15) is 0 Å². The van der Waals surface area contributed by atoms with Gasteiger partial charge in [0.15, 0.2) is 5.96 Å². The van der Waals surface area contributed by atoms with Gasteiger partial charge in [-0.1, -0.05) is 0 Å². The van der Waals surface area contributed by atoms with Gasteiger partial charge < -0.3 is 24.5 Å². The van der Waals surface area contributed by atoms with E-state index in [2.05, 4.69) is 10.6 Å². The molecule has 0 aromatic carbocycles. The Morgan fingerprint density at radius 2 is 2.12 bits per heavy atom. The normalized spacial score (nSPS) is 16.0. The summed E-state index contributed by atoms with van der Waals surface area (Å²) >= 11 is 0. The zero-order chi connectivity index (χ0) is 17.8. The fourth-order valence-electron chi connectivity index (χ4n) is 2.69. The fourth-order valence-corrected chi connectivity index (χ4v) is 2.69. The highest BCUT2D eigenvalue weighted by Crippen LogP contribution is 2.48. The quantitative estimate of drug-likeness (QED) is 0.325. The van der Waals surface area contributed by atoms with Crippen LogP contribution in [0, 0.1) is 5.41 Å². The van der Waals surface area contributed by atoms with Crippen molar-refractivity contribution in [3.05, 3.63) is 24.2 Å². The van der Waals surface area contributed by atoms with Crippen molar-refractivity contribution in [2.45, 2.75) is 39.0 Å². The van der Waals surface area contributed by atoms with Crippen molar-refractivity contribution in [3.8, 4) is 0 Å². The fraction of sp³-hybridized carbons (Fsp3) is 0.737. The van der Waals surface area contributed by atoms with Crippen molar-refractivity contribution < 1.29 is 13.9 Å². The number of hydrogen-bond acceptors (Lipinski definition) is 4. The summed E-state index contributed by atoms with van der Waals surface area (Å²) in [4.78, 5) is 4.81. The van der Waals surface area contributed by atoms with E-state index in [1.807, 2.05) is 19.1 Å². The maximum absolute atomic E-state index is 5.39. The highest BCUT2D eigenvalue weighted by Gasteiger charge is 2.41. The van der Waals surface area contributed by atoms with E-state index in [0.717, 1.165) is 70.4 Å². The summed E-state index contributed by atoms with van der Waals surface area (Å²) in [6.45, 7) is 6.90. The van der Waals surface area contributed by atoms with Gasteiger partial charge in [0.05, 0.1) is 6.26 Å². The molecule has 1 heterocycles. The van der Waals surface area contributed by atoms with Crippen LogP contribution >= 0.6 is 0 Å². The van der Waals surface area contributed by atoms with Gasteiger partial charge in [-0.05, 0) is 50.2 Å². The SMILES string of the molecule is CCOCCCNC(=NCC1(CCOC)CC1)NCCc1ccco1. The minimum Gasteiger partial charge on any atom is -0.469 e. The molecule has 1 aliphatic rings. The van der Waals surface area contributed by atoms with Gasteiger partial charge in [0.1, 0.15) is 5.76 Å². The van der Waals surface area contributed by atoms with Crippen LogP contribution < -0.4 is 10.6 Å². The molecule has 0 aliphatic heterocycles. The van der Waals surface area contributed by atoms with Gasteiger partial charge in [0, 0.05) is 53.0 Å². The first-order chi connectivity index (χ1) is 12.3. The molecule has 1 saturated carbocycles. The first-order valence-electron chi connectivity index (χ1n) is 9.39. The van der Waals surface area contributed by atoms with Crippen LogP contribution in [0.3, 0.4) is 0 Å². The van der Waals surface area contributed by atoms with E-state index in [0.29, 0.717) is 5.41 Å². The Labute approximate surface area is 151 Å². The van der Waals surface area contributed by atoms with Crippen LogP contribution in [0.5, 0.6) is 0 Å². The minimum atomic E-state index is 0.358. The van der Waals surface area contributed by atoms with E-state index in [1.165, 1.54) is 12.8 Å². The van der Waals surface area contributed by atoms with Gasteiger partial charge in [-0.2, -0.15) is 0 Å². The summed E-state index contributed by atoms with van der Waals surface area (Å²) in [5.41, 5.74) is 0.358. The summed E-state index contributed by atoms with van der Waals surface area (Å²) in [6.07, 6.45) is 7.14. The summed E-state index contributed by atoms with van der Waals surface area (Å²) in [5.74, 6) is 1.87. The highest BCUT2D eigenvalue weighted by molar-refractivity contribution is 5.79. The molecule has 0 radical (unpaired) electrons. The third kappa shape index (κ3) is 7.92. The van der Waals surface area contributed by atoms with Crippen LogP contribution in [0.25, 0.3) is 0 Å². The van der Waals surface area contributed by atoms with Crippen LogP contribution in [0.2, 0.25) is 0 Å².